The van der Waals surface area contributed by atoms with Crippen LogP contribution in [0.1, 0.15) is 18.9 Å². The minimum atomic E-state index is -0.00366. The summed E-state index contributed by atoms with van der Waals surface area (Å²) in [4.78, 5) is 15.9. The highest BCUT2D eigenvalue weighted by Crippen LogP contribution is 2.14. The molecule has 19 heavy (non-hydrogen) atoms. The summed E-state index contributed by atoms with van der Waals surface area (Å²) >= 11 is 0. The maximum absolute atomic E-state index is 12.1. The number of carbonyl (C=O) groups is 1. The Kier molecular flexibility index (Phi) is 5.83. The summed E-state index contributed by atoms with van der Waals surface area (Å²) in [5.74, 6) is 0.151. The molecule has 1 atom stereocenters. The maximum Gasteiger partial charge on any atom is 0.225 e. The van der Waals surface area contributed by atoms with Crippen LogP contribution in [0.15, 0.2) is 24.3 Å². The number of hydrogen-bond donors (Lipinski definition) is 1. The molecule has 0 spiro atoms. The number of anilines is 1. The Morgan fingerprint density at radius 3 is 2.26 bits per heavy atom. The van der Waals surface area contributed by atoms with Crippen molar-refractivity contribution in [3.05, 3.63) is 29.8 Å². The minimum absolute atomic E-state index is 0.00366. The van der Waals surface area contributed by atoms with E-state index in [2.05, 4.69) is 29.2 Å². The van der Waals surface area contributed by atoms with Gasteiger partial charge in [0.25, 0.3) is 0 Å². The molecule has 0 aliphatic carbocycles. The Balaban J connectivity index is 2.61. The summed E-state index contributed by atoms with van der Waals surface area (Å²) in [6.07, 6.45) is 0.739. The van der Waals surface area contributed by atoms with Gasteiger partial charge in [-0.25, -0.2) is 0 Å². The molecule has 1 unspecified atom stereocenters. The van der Waals surface area contributed by atoms with Gasteiger partial charge in [0.1, 0.15) is 0 Å². The first kappa shape index (κ1) is 15.5. The van der Waals surface area contributed by atoms with Crippen LogP contribution >= 0.6 is 0 Å². The van der Waals surface area contributed by atoms with Gasteiger partial charge >= 0.3 is 0 Å². The van der Waals surface area contributed by atoms with Gasteiger partial charge in [-0.2, -0.15) is 0 Å². The average molecular weight is 263 g/mol. The van der Waals surface area contributed by atoms with Crippen molar-refractivity contribution in [2.75, 3.05) is 32.6 Å². The third-order valence-electron chi connectivity index (χ3n) is 3.27. The second-order valence-electron chi connectivity index (χ2n) is 5.23. The Hall–Kier alpha value is -1.55. The lowest BCUT2D eigenvalue weighted by Crippen LogP contribution is -2.32. The molecule has 0 radical (unpaired) electrons. The zero-order valence-electron chi connectivity index (χ0n) is 12.4. The summed E-state index contributed by atoms with van der Waals surface area (Å²) in [7, 11) is 5.87. The predicted molar refractivity (Wildman–Crippen MR) is 80.1 cm³/mol. The third-order valence-corrected chi connectivity index (χ3v) is 3.27. The normalized spacial score (nSPS) is 12.1. The second kappa shape index (κ2) is 7.14. The van der Waals surface area contributed by atoms with E-state index in [0.29, 0.717) is 13.1 Å². The summed E-state index contributed by atoms with van der Waals surface area (Å²) in [5.41, 5.74) is 7.79. The Morgan fingerprint density at radius 1 is 1.21 bits per heavy atom. The smallest absolute Gasteiger partial charge is 0.225 e. The van der Waals surface area contributed by atoms with Crippen LogP contribution in [0.4, 0.5) is 5.69 Å². The highest BCUT2D eigenvalue weighted by molar-refractivity contribution is 5.78. The first-order valence-corrected chi connectivity index (χ1v) is 6.67. The van der Waals surface area contributed by atoms with E-state index in [1.165, 1.54) is 0 Å². The molecule has 106 valence electrons. The summed E-state index contributed by atoms with van der Waals surface area (Å²) in [6.45, 7) is 3.13. The molecule has 1 rings (SSSR count). The van der Waals surface area contributed by atoms with Crippen molar-refractivity contribution < 1.29 is 4.79 Å². The number of amides is 1. The fourth-order valence-electron chi connectivity index (χ4n) is 2.00. The van der Waals surface area contributed by atoms with Gasteiger partial charge in [-0.1, -0.05) is 19.1 Å². The topological polar surface area (TPSA) is 49.6 Å². The molecular formula is C15H25N3O. The number of carbonyl (C=O) groups excluding carboxylic acids is 1. The molecule has 0 saturated heterocycles. The SMILES string of the molecule is CC(CCN)C(=O)N(C)Cc1ccc(N(C)C)cc1. The van der Waals surface area contributed by atoms with Gasteiger partial charge in [0.05, 0.1) is 0 Å². The summed E-state index contributed by atoms with van der Waals surface area (Å²) in [6, 6.07) is 8.26. The van der Waals surface area contributed by atoms with Crippen molar-refractivity contribution in [3.8, 4) is 0 Å². The van der Waals surface area contributed by atoms with Crippen LogP contribution in [0.5, 0.6) is 0 Å². The highest BCUT2D eigenvalue weighted by atomic mass is 16.2. The summed E-state index contributed by atoms with van der Waals surface area (Å²) in [5, 5.41) is 0. The van der Waals surface area contributed by atoms with E-state index in [-0.39, 0.29) is 11.8 Å². The summed E-state index contributed by atoms with van der Waals surface area (Å²) < 4.78 is 0. The van der Waals surface area contributed by atoms with Crippen molar-refractivity contribution in [1.82, 2.24) is 4.90 Å². The molecule has 0 bridgehead atoms. The van der Waals surface area contributed by atoms with Crippen LogP contribution in [0.2, 0.25) is 0 Å². The molecule has 1 aromatic carbocycles. The predicted octanol–water partition coefficient (Wildman–Crippen LogP) is 1.70. The number of hydrogen-bond acceptors (Lipinski definition) is 3. The largest absolute Gasteiger partial charge is 0.378 e. The molecule has 0 aliphatic heterocycles. The standard InChI is InChI=1S/C15H25N3O/c1-12(9-10-16)15(19)18(4)11-13-5-7-14(8-6-13)17(2)3/h5-8,12H,9-11,16H2,1-4H3. The van der Waals surface area contributed by atoms with Gasteiger partial charge in [0.15, 0.2) is 0 Å². The lowest BCUT2D eigenvalue weighted by Gasteiger charge is -2.21. The average Bonchev–Trinajstić information content (AvgIpc) is 2.38. The molecule has 4 heteroatoms. The van der Waals surface area contributed by atoms with E-state index in [4.69, 9.17) is 5.73 Å². The molecule has 0 saturated carbocycles. The lowest BCUT2D eigenvalue weighted by molar-refractivity contribution is -0.134. The molecule has 1 amide bonds. The quantitative estimate of drug-likeness (QED) is 0.850. The second-order valence-corrected chi connectivity index (χ2v) is 5.23. The van der Waals surface area contributed by atoms with Crippen LogP contribution in [-0.2, 0) is 11.3 Å². The Morgan fingerprint density at radius 2 is 1.79 bits per heavy atom. The van der Waals surface area contributed by atoms with Crippen molar-refractivity contribution >= 4 is 11.6 Å². The van der Waals surface area contributed by atoms with Gasteiger partial charge < -0.3 is 15.5 Å². The highest BCUT2D eigenvalue weighted by Gasteiger charge is 2.16. The van der Waals surface area contributed by atoms with E-state index in [9.17, 15) is 4.79 Å². The monoisotopic (exact) mass is 263 g/mol. The maximum atomic E-state index is 12.1. The van der Waals surface area contributed by atoms with Crippen LogP contribution < -0.4 is 10.6 Å². The Labute approximate surface area is 116 Å². The van der Waals surface area contributed by atoms with E-state index >= 15 is 0 Å². The molecule has 2 N–H and O–H groups in total. The van der Waals surface area contributed by atoms with Gasteiger partial charge in [0, 0.05) is 39.3 Å². The first-order valence-electron chi connectivity index (χ1n) is 6.67. The van der Waals surface area contributed by atoms with Crippen molar-refractivity contribution in [2.45, 2.75) is 19.9 Å². The number of benzene rings is 1. The van der Waals surface area contributed by atoms with Crippen molar-refractivity contribution in [2.24, 2.45) is 11.7 Å². The third kappa shape index (κ3) is 4.56. The molecule has 4 nitrogen and oxygen atoms in total. The van der Waals surface area contributed by atoms with E-state index in [1.807, 2.05) is 28.1 Å². The number of nitrogens with zero attached hydrogens (tertiary/aromatic N) is 2. The zero-order chi connectivity index (χ0) is 14.4. The van der Waals surface area contributed by atoms with Gasteiger partial charge in [-0.15, -0.1) is 0 Å². The molecular weight excluding hydrogens is 238 g/mol. The van der Waals surface area contributed by atoms with Gasteiger partial charge in [-0.05, 0) is 30.7 Å². The van der Waals surface area contributed by atoms with Crippen LogP contribution in [0.3, 0.4) is 0 Å². The van der Waals surface area contributed by atoms with Crippen LogP contribution in [0, 0.1) is 5.92 Å². The van der Waals surface area contributed by atoms with Crippen LogP contribution in [-0.4, -0.2) is 38.5 Å². The molecule has 0 aromatic heterocycles. The minimum Gasteiger partial charge on any atom is -0.378 e. The van der Waals surface area contributed by atoms with Crippen LogP contribution in [0.25, 0.3) is 0 Å². The number of rotatable bonds is 6. The molecule has 1 aromatic rings. The van der Waals surface area contributed by atoms with E-state index in [0.717, 1.165) is 17.7 Å². The van der Waals surface area contributed by atoms with Crippen molar-refractivity contribution in [3.63, 3.8) is 0 Å². The van der Waals surface area contributed by atoms with E-state index < -0.39 is 0 Å². The lowest BCUT2D eigenvalue weighted by atomic mass is 10.1. The molecule has 0 heterocycles. The van der Waals surface area contributed by atoms with Crippen molar-refractivity contribution in [1.29, 1.82) is 0 Å². The van der Waals surface area contributed by atoms with Gasteiger partial charge in [0.2, 0.25) is 5.91 Å². The molecule has 0 fully saturated rings. The number of nitrogens with two attached hydrogens (primary N) is 1. The Bertz CT molecular complexity index is 400. The van der Waals surface area contributed by atoms with E-state index in [1.54, 1.807) is 4.90 Å². The van der Waals surface area contributed by atoms with Gasteiger partial charge in [-0.3, -0.25) is 4.79 Å². The fourth-order valence-corrected chi connectivity index (χ4v) is 2.00. The zero-order valence-corrected chi connectivity index (χ0v) is 12.4. The first-order chi connectivity index (χ1) is 8.95. The fraction of sp³-hybridized carbons (Fsp3) is 0.533. The molecule has 0 aliphatic rings.